The molecule has 0 saturated carbocycles. The van der Waals surface area contributed by atoms with Crippen LogP contribution in [0.15, 0.2) is 18.3 Å². The molecule has 0 bridgehead atoms. The van der Waals surface area contributed by atoms with Gasteiger partial charge < -0.3 is 14.4 Å². The van der Waals surface area contributed by atoms with Crippen LogP contribution in [0.2, 0.25) is 5.02 Å². The van der Waals surface area contributed by atoms with Crippen molar-refractivity contribution in [3.63, 3.8) is 0 Å². The number of fused-ring (bicyclic) bond motifs is 1. The van der Waals surface area contributed by atoms with Crippen LogP contribution in [0.1, 0.15) is 26.5 Å². The van der Waals surface area contributed by atoms with Crippen molar-refractivity contribution in [1.82, 2.24) is 19.7 Å². The molecule has 2 aromatic rings. The van der Waals surface area contributed by atoms with E-state index >= 15 is 0 Å². The lowest BCUT2D eigenvalue weighted by Crippen LogP contribution is -2.41. The van der Waals surface area contributed by atoms with Crippen LogP contribution in [0.5, 0.6) is 5.88 Å². The van der Waals surface area contributed by atoms with E-state index in [1.54, 1.807) is 24.3 Å². The van der Waals surface area contributed by atoms with E-state index in [-0.39, 0.29) is 6.09 Å². The van der Waals surface area contributed by atoms with E-state index in [9.17, 15) is 4.79 Å². The zero-order valence-electron chi connectivity index (χ0n) is 14.7. The second kappa shape index (κ2) is 6.55. The topological polar surface area (TPSA) is 69.5 Å². The van der Waals surface area contributed by atoms with Gasteiger partial charge in [0, 0.05) is 18.2 Å². The summed E-state index contributed by atoms with van der Waals surface area (Å²) in [5, 5.41) is 5.10. The van der Waals surface area contributed by atoms with E-state index in [2.05, 4.69) is 10.1 Å². The van der Waals surface area contributed by atoms with Gasteiger partial charge in [-0.05, 0) is 26.8 Å². The highest BCUT2D eigenvalue weighted by Crippen LogP contribution is 2.30. The van der Waals surface area contributed by atoms with Crippen LogP contribution in [-0.4, -0.2) is 45.0 Å². The third-order valence-corrected chi connectivity index (χ3v) is 4.07. The fourth-order valence-corrected chi connectivity index (χ4v) is 2.81. The monoisotopic (exact) mass is 364 g/mol. The smallest absolute Gasteiger partial charge is 0.410 e. The predicted octanol–water partition coefficient (Wildman–Crippen LogP) is 3.36. The summed E-state index contributed by atoms with van der Waals surface area (Å²) in [4.78, 5) is 18.0. The molecule has 25 heavy (non-hydrogen) atoms. The van der Waals surface area contributed by atoms with Crippen LogP contribution in [0.25, 0.3) is 11.3 Å². The highest BCUT2D eigenvalue weighted by Gasteiger charge is 2.27. The van der Waals surface area contributed by atoms with E-state index in [4.69, 9.17) is 21.1 Å². The van der Waals surface area contributed by atoms with Crippen LogP contribution in [0.4, 0.5) is 4.79 Å². The number of carbonyl (C=O) groups excluding carboxylic acids is 1. The summed E-state index contributed by atoms with van der Waals surface area (Å²) in [7, 11) is 1.55. The molecule has 0 unspecified atom stereocenters. The van der Waals surface area contributed by atoms with Crippen LogP contribution in [0, 0.1) is 0 Å². The third-order valence-electron chi connectivity index (χ3n) is 3.76. The number of ether oxygens (including phenoxy) is 2. The Morgan fingerprint density at radius 3 is 2.72 bits per heavy atom. The normalized spacial score (nSPS) is 14.2. The van der Waals surface area contributed by atoms with Gasteiger partial charge in [-0.15, -0.1) is 0 Å². The predicted molar refractivity (Wildman–Crippen MR) is 93.7 cm³/mol. The van der Waals surface area contributed by atoms with Crippen LogP contribution < -0.4 is 4.74 Å². The van der Waals surface area contributed by atoms with Gasteiger partial charge in [0.05, 0.1) is 42.8 Å². The van der Waals surface area contributed by atoms with E-state index in [0.29, 0.717) is 30.5 Å². The minimum absolute atomic E-state index is 0.315. The lowest BCUT2D eigenvalue weighted by atomic mass is 10.2. The number of amides is 1. The van der Waals surface area contributed by atoms with Crippen molar-refractivity contribution in [3.8, 4) is 17.1 Å². The standard InChI is InChI=1S/C17H21ClN4O3/c1-17(2,3)25-16(23)21-5-6-22-11(10-21)7-14(20-22)12-8-15(24-4)19-9-13(12)18/h7-9H,5-6,10H2,1-4H3. The van der Waals surface area contributed by atoms with Crippen molar-refractivity contribution >= 4 is 17.7 Å². The average Bonchev–Trinajstić information content (AvgIpc) is 2.96. The summed E-state index contributed by atoms with van der Waals surface area (Å²) in [6.45, 7) is 7.18. The molecule has 1 amide bonds. The first kappa shape index (κ1) is 17.5. The Hall–Kier alpha value is -2.28. The first-order valence-electron chi connectivity index (χ1n) is 8.01. The molecule has 134 valence electrons. The fraction of sp³-hybridized carbons (Fsp3) is 0.471. The Kier molecular flexibility index (Phi) is 4.60. The summed E-state index contributed by atoms with van der Waals surface area (Å²) in [5.41, 5.74) is 1.89. The number of methoxy groups -OCH3 is 1. The number of hydrogen-bond acceptors (Lipinski definition) is 5. The lowest BCUT2D eigenvalue weighted by Gasteiger charge is -2.30. The molecule has 2 aromatic heterocycles. The van der Waals surface area contributed by atoms with Gasteiger partial charge in [-0.25, -0.2) is 9.78 Å². The van der Waals surface area contributed by atoms with Crippen molar-refractivity contribution in [2.24, 2.45) is 0 Å². The van der Waals surface area contributed by atoms with Crippen molar-refractivity contribution in [1.29, 1.82) is 0 Å². The molecular weight excluding hydrogens is 344 g/mol. The Bertz CT molecular complexity index is 798. The minimum atomic E-state index is -0.513. The summed E-state index contributed by atoms with van der Waals surface area (Å²) in [6.07, 6.45) is 1.23. The number of carbonyl (C=O) groups is 1. The maximum atomic E-state index is 12.3. The molecule has 0 spiro atoms. The Balaban J connectivity index is 1.83. The number of aromatic nitrogens is 3. The lowest BCUT2D eigenvalue weighted by molar-refractivity contribution is 0.0194. The second-order valence-electron chi connectivity index (χ2n) is 6.85. The molecule has 0 atom stereocenters. The van der Waals surface area contributed by atoms with Crippen molar-refractivity contribution in [3.05, 3.63) is 29.0 Å². The van der Waals surface area contributed by atoms with E-state index in [0.717, 1.165) is 17.0 Å². The number of rotatable bonds is 2. The highest BCUT2D eigenvalue weighted by molar-refractivity contribution is 6.33. The molecule has 0 N–H and O–H groups in total. The number of pyridine rings is 1. The van der Waals surface area contributed by atoms with Crippen LogP contribution in [-0.2, 0) is 17.8 Å². The second-order valence-corrected chi connectivity index (χ2v) is 7.26. The molecule has 3 heterocycles. The van der Waals surface area contributed by atoms with Gasteiger partial charge in [-0.2, -0.15) is 5.10 Å². The van der Waals surface area contributed by atoms with Gasteiger partial charge in [0.25, 0.3) is 0 Å². The third kappa shape index (κ3) is 3.87. The van der Waals surface area contributed by atoms with Gasteiger partial charge >= 0.3 is 6.09 Å². The molecular formula is C17H21ClN4O3. The molecule has 0 fully saturated rings. The first-order chi connectivity index (χ1) is 11.8. The molecule has 0 aliphatic carbocycles. The molecule has 8 heteroatoms. The van der Waals surface area contributed by atoms with Crippen LogP contribution >= 0.6 is 11.6 Å². The fourth-order valence-electron chi connectivity index (χ4n) is 2.61. The van der Waals surface area contributed by atoms with Gasteiger partial charge in [-0.1, -0.05) is 11.6 Å². The highest BCUT2D eigenvalue weighted by atomic mass is 35.5. The molecule has 0 radical (unpaired) electrons. The van der Waals surface area contributed by atoms with Crippen molar-refractivity contribution in [2.45, 2.75) is 39.5 Å². The van der Waals surface area contributed by atoms with E-state index in [1.807, 2.05) is 31.5 Å². The minimum Gasteiger partial charge on any atom is -0.481 e. The molecule has 0 aromatic carbocycles. The quantitative estimate of drug-likeness (QED) is 0.817. The number of nitrogens with zero attached hydrogens (tertiary/aromatic N) is 4. The molecule has 0 saturated heterocycles. The van der Waals surface area contributed by atoms with Crippen molar-refractivity contribution < 1.29 is 14.3 Å². The Morgan fingerprint density at radius 2 is 2.04 bits per heavy atom. The largest absolute Gasteiger partial charge is 0.481 e. The Morgan fingerprint density at radius 1 is 1.28 bits per heavy atom. The summed E-state index contributed by atoms with van der Waals surface area (Å²) < 4.78 is 12.5. The molecule has 3 rings (SSSR count). The maximum Gasteiger partial charge on any atom is 0.410 e. The first-order valence-corrected chi connectivity index (χ1v) is 8.39. The number of halogens is 1. The SMILES string of the molecule is COc1cc(-c2cc3n(n2)CCN(C(=O)OC(C)(C)C)C3)c(Cl)cn1. The van der Waals surface area contributed by atoms with Gasteiger partial charge in [0.2, 0.25) is 5.88 Å². The summed E-state index contributed by atoms with van der Waals surface area (Å²) in [6, 6.07) is 3.68. The zero-order valence-corrected chi connectivity index (χ0v) is 15.5. The van der Waals surface area contributed by atoms with Crippen LogP contribution in [0.3, 0.4) is 0 Å². The average molecular weight is 365 g/mol. The summed E-state index contributed by atoms with van der Waals surface area (Å²) in [5.74, 6) is 0.473. The maximum absolute atomic E-state index is 12.3. The Labute approximate surface area is 151 Å². The molecule has 1 aliphatic rings. The molecule has 7 nitrogen and oxygen atoms in total. The number of hydrogen-bond donors (Lipinski definition) is 0. The summed E-state index contributed by atoms with van der Waals surface area (Å²) >= 11 is 6.25. The molecule has 1 aliphatic heterocycles. The van der Waals surface area contributed by atoms with E-state index < -0.39 is 5.60 Å². The van der Waals surface area contributed by atoms with Crippen molar-refractivity contribution in [2.75, 3.05) is 13.7 Å². The van der Waals surface area contributed by atoms with Gasteiger partial charge in [0.15, 0.2) is 0 Å². The van der Waals surface area contributed by atoms with Gasteiger partial charge in [-0.3, -0.25) is 4.68 Å². The zero-order chi connectivity index (χ0) is 18.2. The van der Waals surface area contributed by atoms with E-state index in [1.165, 1.54) is 0 Å². The van der Waals surface area contributed by atoms with Gasteiger partial charge in [0.1, 0.15) is 5.60 Å².